The summed E-state index contributed by atoms with van der Waals surface area (Å²) in [5, 5.41) is 9.06. The van der Waals surface area contributed by atoms with Gasteiger partial charge in [-0.1, -0.05) is 0 Å². The van der Waals surface area contributed by atoms with Crippen LogP contribution >= 0.6 is 12.4 Å². The van der Waals surface area contributed by atoms with Gasteiger partial charge in [0.2, 0.25) is 6.20 Å². The van der Waals surface area contributed by atoms with Gasteiger partial charge in [0.1, 0.15) is 0 Å². The molecule has 0 fully saturated rings. The van der Waals surface area contributed by atoms with E-state index in [0.717, 1.165) is 0 Å². The lowest BCUT2D eigenvalue weighted by Gasteiger charge is -1.65. The fourth-order valence-corrected chi connectivity index (χ4v) is 0. The number of nitro groups is 1. The molecule has 0 N–H and O–H groups in total. The average molecular weight is 110 g/mol. The summed E-state index contributed by atoms with van der Waals surface area (Å²) in [6.07, 6.45) is 0.639. The Kier molecular flexibility index (Phi) is 6.69. The van der Waals surface area contributed by atoms with E-state index in [0.29, 0.717) is 6.20 Å². The average Bonchev–Trinajstić information content (AvgIpc) is 1.38. The van der Waals surface area contributed by atoms with E-state index in [1.807, 2.05) is 0 Å². The first kappa shape index (κ1) is 9.06. The first-order valence-corrected chi connectivity index (χ1v) is 1.03. The maximum atomic E-state index is 9.06. The SMILES string of the molecule is C=C[N+](=O)[O-].Cl. The molecule has 0 aromatic rings. The quantitative estimate of drug-likeness (QED) is 0.370. The van der Waals surface area contributed by atoms with Gasteiger partial charge in [-0.3, -0.25) is 10.1 Å². The summed E-state index contributed by atoms with van der Waals surface area (Å²) in [5.41, 5.74) is 0. The van der Waals surface area contributed by atoms with Crippen LogP contribution < -0.4 is 0 Å². The summed E-state index contributed by atoms with van der Waals surface area (Å²) in [5.74, 6) is 0. The van der Waals surface area contributed by atoms with Gasteiger partial charge in [-0.05, 0) is 6.58 Å². The van der Waals surface area contributed by atoms with Gasteiger partial charge in [0, 0.05) is 0 Å². The van der Waals surface area contributed by atoms with Gasteiger partial charge in [-0.2, -0.15) is 0 Å². The zero-order valence-electron chi connectivity index (χ0n) is 2.96. The number of nitrogens with zero attached hydrogens (tertiary/aromatic N) is 1. The second-order valence-electron chi connectivity index (χ2n) is 0.468. The van der Waals surface area contributed by atoms with Crippen molar-refractivity contribution < 1.29 is 4.92 Å². The van der Waals surface area contributed by atoms with Crippen molar-refractivity contribution in [2.75, 3.05) is 0 Å². The molecule has 0 aliphatic heterocycles. The summed E-state index contributed by atoms with van der Waals surface area (Å²) in [4.78, 5) is 8.44. The van der Waals surface area contributed by atoms with Crippen molar-refractivity contribution in [1.82, 2.24) is 0 Å². The molecule has 4 heteroatoms. The fraction of sp³-hybridized carbons (Fsp3) is 0. The van der Waals surface area contributed by atoms with Gasteiger partial charge >= 0.3 is 0 Å². The highest BCUT2D eigenvalue weighted by molar-refractivity contribution is 5.85. The molecule has 0 heterocycles. The fourth-order valence-electron chi connectivity index (χ4n) is 0. The monoisotopic (exact) mass is 109 g/mol. The van der Waals surface area contributed by atoms with Crippen molar-refractivity contribution >= 4 is 12.4 Å². The van der Waals surface area contributed by atoms with Gasteiger partial charge in [-0.15, -0.1) is 12.4 Å². The van der Waals surface area contributed by atoms with Crippen LogP contribution in [-0.2, 0) is 0 Å². The summed E-state index contributed by atoms with van der Waals surface area (Å²) in [6.45, 7) is 2.86. The van der Waals surface area contributed by atoms with Crippen LogP contribution in [0.2, 0.25) is 0 Å². The highest BCUT2D eigenvalue weighted by Gasteiger charge is 1.69. The molecular formula is C2H4ClNO2. The Bertz CT molecular complexity index is 62.6. The van der Waals surface area contributed by atoms with Gasteiger partial charge in [-0.25, -0.2) is 0 Å². The van der Waals surface area contributed by atoms with Crippen LogP contribution in [0.1, 0.15) is 0 Å². The molecule has 6 heavy (non-hydrogen) atoms. The van der Waals surface area contributed by atoms with E-state index in [4.69, 9.17) is 10.1 Å². The van der Waals surface area contributed by atoms with E-state index in [1.165, 1.54) is 0 Å². The van der Waals surface area contributed by atoms with E-state index < -0.39 is 4.92 Å². The molecule has 0 amide bonds. The largest absolute Gasteiger partial charge is 0.259 e. The molecule has 0 bridgehead atoms. The minimum Gasteiger partial charge on any atom is -0.259 e. The number of halogens is 1. The van der Waals surface area contributed by atoms with Crippen LogP contribution in [0, 0.1) is 10.1 Å². The molecule has 0 saturated carbocycles. The smallest absolute Gasteiger partial charge is 0.227 e. The van der Waals surface area contributed by atoms with Crippen molar-refractivity contribution in [3.8, 4) is 0 Å². The van der Waals surface area contributed by atoms with E-state index in [-0.39, 0.29) is 12.4 Å². The molecule has 0 rings (SSSR count). The molecule has 0 aromatic heterocycles. The molecule has 0 radical (unpaired) electrons. The second-order valence-corrected chi connectivity index (χ2v) is 0.468. The van der Waals surface area contributed by atoms with Gasteiger partial charge in [0.15, 0.2) is 0 Å². The predicted octanol–water partition coefficient (Wildman–Crippen LogP) is 0.828. The molecule has 0 atom stereocenters. The number of rotatable bonds is 1. The standard InChI is InChI=1S/C2H3NO2.ClH/c1-2-3(4)5;/h2H,1H2;1H. The summed E-state index contributed by atoms with van der Waals surface area (Å²) >= 11 is 0. The Morgan fingerprint density at radius 2 is 2.00 bits per heavy atom. The van der Waals surface area contributed by atoms with Crippen molar-refractivity contribution in [3.63, 3.8) is 0 Å². The molecule has 0 aliphatic rings. The normalized spacial score (nSPS) is 5.33. The van der Waals surface area contributed by atoms with Crippen LogP contribution in [0.3, 0.4) is 0 Å². The zero-order chi connectivity index (χ0) is 4.28. The van der Waals surface area contributed by atoms with Crippen LogP contribution in [-0.4, -0.2) is 4.92 Å². The molecule has 3 nitrogen and oxygen atoms in total. The van der Waals surface area contributed by atoms with Crippen molar-refractivity contribution in [2.24, 2.45) is 0 Å². The molecule has 0 aliphatic carbocycles. The first-order valence-electron chi connectivity index (χ1n) is 1.03. The van der Waals surface area contributed by atoms with Crippen molar-refractivity contribution in [2.45, 2.75) is 0 Å². The van der Waals surface area contributed by atoms with Crippen LogP contribution in [0.25, 0.3) is 0 Å². The Balaban J connectivity index is 0. The molecule has 0 unspecified atom stereocenters. The van der Waals surface area contributed by atoms with Gasteiger partial charge < -0.3 is 0 Å². The highest BCUT2D eigenvalue weighted by atomic mass is 35.5. The first-order chi connectivity index (χ1) is 2.27. The minimum atomic E-state index is -0.611. The Morgan fingerprint density at radius 1 is 1.83 bits per heavy atom. The highest BCUT2D eigenvalue weighted by Crippen LogP contribution is 1.57. The van der Waals surface area contributed by atoms with Crippen LogP contribution in [0.4, 0.5) is 0 Å². The third-order valence-electron chi connectivity index (χ3n) is 0.149. The second kappa shape index (κ2) is 4.43. The predicted molar refractivity (Wildman–Crippen MR) is 24.4 cm³/mol. The van der Waals surface area contributed by atoms with Crippen molar-refractivity contribution in [1.29, 1.82) is 0 Å². The maximum absolute atomic E-state index is 9.06. The molecule has 0 spiro atoms. The van der Waals surface area contributed by atoms with Gasteiger partial charge in [0.25, 0.3) is 0 Å². The van der Waals surface area contributed by atoms with Gasteiger partial charge in [0.05, 0.1) is 4.92 Å². The minimum absolute atomic E-state index is 0. The summed E-state index contributed by atoms with van der Waals surface area (Å²) in [7, 11) is 0. The molecular weight excluding hydrogens is 105 g/mol. The maximum Gasteiger partial charge on any atom is 0.227 e. The number of hydrogen-bond acceptors (Lipinski definition) is 2. The van der Waals surface area contributed by atoms with E-state index in [2.05, 4.69) is 6.58 Å². The third-order valence-corrected chi connectivity index (χ3v) is 0.149. The molecule has 36 valence electrons. The lowest BCUT2D eigenvalue weighted by Crippen LogP contribution is -1.77. The third kappa shape index (κ3) is 9.90. The van der Waals surface area contributed by atoms with E-state index in [1.54, 1.807) is 0 Å². The molecule has 0 aromatic carbocycles. The van der Waals surface area contributed by atoms with Crippen LogP contribution in [0.5, 0.6) is 0 Å². The van der Waals surface area contributed by atoms with E-state index in [9.17, 15) is 0 Å². The molecule has 0 saturated heterocycles. The topological polar surface area (TPSA) is 43.1 Å². The zero-order valence-corrected chi connectivity index (χ0v) is 3.77. The lowest BCUT2D eigenvalue weighted by molar-refractivity contribution is -0.401. The lowest BCUT2D eigenvalue weighted by atomic mass is 11.1. The summed E-state index contributed by atoms with van der Waals surface area (Å²) in [6, 6.07) is 0. The Labute approximate surface area is 41.2 Å². The Hall–Kier alpha value is -0.570. The van der Waals surface area contributed by atoms with Crippen molar-refractivity contribution in [3.05, 3.63) is 22.9 Å². The van der Waals surface area contributed by atoms with E-state index >= 15 is 0 Å². The van der Waals surface area contributed by atoms with Crippen LogP contribution in [0.15, 0.2) is 12.8 Å². The Morgan fingerprint density at radius 3 is 2.00 bits per heavy atom. The number of hydrogen-bond donors (Lipinski definition) is 0. The summed E-state index contributed by atoms with van der Waals surface area (Å²) < 4.78 is 0.